The smallest absolute Gasteiger partial charge is 0.255 e. The number of nitrogens with one attached hydrogen (secondary N) is 2. The summed E-state index contributed by atoms with van der Waals surface area (Å²) in [4.78, 5) is 66.1. The maximum atomic E-state index is 15.1. The van der Waals surface area contributed by atoms with Crippen LogP contribution in [0.3, 0.4) is 0 Å². The highest BCUT2D eigenvalue weighted by molar-refractivity contribution is 6.05. The van der Waals surface area contributed by atoms with Crippen molar-refractivity contribution in [1.29, 1.82) is 0 Å². The fraction of sp³-hybridized carbons (Fsp3) is 0.432. The zero-order valence-corrected chi connectivity index (χ0v) is 38.4. The molecule has 342 valence electrons. The van der Waals surface area contributed by atoms with E-state index in [4.69, 9.17) is 0 Å². The van der Waals surface area contributed by atoms with Crippen molar-refractivity contribution in [3.63, 3.8) is 0 Å². The van der Waals surface area contributed by atoms with Crippen molar-refractivity contribution in [3.8, 4) is 11.3 Å². The van der Waals surface area contributed by atoms with E-state index in [-0.39, 0.29) is 84.6 Å². The quantitative estimate of drug-likeness (QED) is 0.155. The van der Waals surface area contributed by atoms with Crippen molar-refractivity contribution in [1.82, 2.24) is 49.4 Å². The van der Waals surface area contributed by atoms with Gasteiger partial charge in [0.1, 0.15) is 28.9 Å². The molecule has 0 radical (unpaired) electrons. The first kappa shape index (κ1) is 48.4. The van der Waals surface area contributed by atoms with E-state index in [1.807, 2.05) is 55.8 Å². The van der Waals surface area contributed by atoms with Crippen LogP contribution in [0.1, 0.15) is 60.0 Å². The predicted molar refractivity (Wildman–Crippen MR) is 248 cm³/mol. The van der Waals surface area contributed by atoms with Crippen LogP contribution in [0.25, 0.3) is 22.3 Å². The second kappa shape index (κ2) is 20.4. The lowest BCUT2D eigenvalue weighted by Gasteiger charge is -2.39. The van der Waals surface area contributed by atoms with Gasteiger partial charge in [-0.25, -0.2) is 28.7 Å². The number of halogens is 5. The monoisotopic (exact) mass is 940 g/mol. The van der Waals surface area contributed by atoms with Crippen molar-refractivity contribution in [2.45, 2.75) is 58.8 Å². The van der Waals surface area contributed by atoms with Gasteiger partial charge in [-0.1, -0.05) is 6.07 Å². The van der Waals surface area contributed by atoms with Crippen LogP contribution in [0.5, 0.6) is 0 Å². The van der Waals surface area contributed by atoms with E-state index in [9.17, 15) is 14.4 Å². The molecule has 20 heteroatoms. The lowest BCUT2D eigenvalue weighted by molar-refractivity contribution is -0.136. The molecule has 15 nitrogen and oxygen atoms in total. The highest BCUT2D eigenvalue weighted by Gasteiger charge is 2.39. The van der Waals surface area contributed by atoms with Crippen molar-refractivity contribution in [2.75, 3.05) is 75.7 Å². The SMILES string of the molecule is Cc1nc2c(F)cc(-c3nc(Nc4ccc(CN5CCN(CCN6CCN(c7ccc8c(c7)CN(C7CCC(=O)NC7=O)C8=O)CC6)CC5)cn4)ncc3F)cc2n1C(C)C.Cl.Cl.Cl. The number of benzene rings is 2. The molecule has 3 amide bonds. The Bertz CT molecular complexity index is 2500. The zero-order chi connectivity index (χ0) is 42.4. The number of piperazine rings is 2. The van der Waals surface area contributed by atoms with Gasteiger partial charge in [-0.3, -0.25) is 34.4 Å². The van der Waals surface area contributed by atoms with Crippen molar-refractivity contribution in [2.24, 2.45) is 0 Å². The summed E-state index contributed by atoms with van der Waals surface area (Å²) in [6, 6.07) is 12.3. The molecule has 9 rings (SSSR count). The van der Waals surface area contributed by atoms with Crippen LogP contribution in [0.2, 0.25) is 0 Å². The largest absolute Gasteiger partial charge is 0.369 e. The van der Waals surface area contributed by atoms with Crippen molar-refractivity contribution < 1.29 is 23.2 Å². The minimum atomic E-state index is -0.657. The number of amides is 3. The van der Waals surface area contributed by atoms with Gasteiger partial charge in [0.05, 0.1) is 11.7 Å². The Hall–Kier alpha value is -5.04. The van der Waals surface area contributed by atoms with Crippen LogP contribution in [-0.4, -0.2) is 133 Å². The summed E-state index contributed by atoms with van der Waals surface area (Å²) in [7, 11) is 0. The molecule has 0 bridgehead atoms. The number of carbonyl (C=O) groups excluding carboxylic acids is 3. The van der Waals surface area contributed by atoms with E-state index in [1.54, 1.807) is 11.0 Å². The highest BCUT2D eigenvalue weighted by Crippen LogP contribution is 2.32. The molecule has 1 unspecified atom stereocenters. The molecule has 5 aromatic rings. The molecule has 2 N–H and O–H groups in total. The molecule has 0 spiro atoms. The molecule has 1 atom stereocenters. The van der Waals surface area contributed by atoms with Gasteiger partial charge in [-0.05, 0) is 74.7 Å². The van der Waals surface area contributed by atoms with E-state index >= 15 is 8.78 Å². The van der Waals surface area contributed by atoms with Crippen molar-refractivity contribution in [3.05, 3.63) is 89.0 Å². The van der Waals surface area contributed by atoms with Gasteiger partial charge in [0.2, 0.25) is 17.8 Å². The summed E-state index contributed by atoms with van der Waals surface area (Å²) in [5.74, 6) is -0.655. The van der Waals surface area contributed by atoms with Crippen LogP contribution in [-0.2, 0) is 22.7 Å². The molecule has 3 saturated heterocycles. The minimum Gasteiger partial charge on any atom is -0.369 e. The van der Waals surface area contributed by atoms with Gasteiger partial charge in [0.25, 0.3) is 5.91 Å². The normalized spacial score (nSPS) is 18.4. The van der Waals surface area contributed by atoms with Crippen molar-refractivity contribution >= 4 is 83.4 Å². The number of hydrogen-bond donors (Lipinski definition) is 2. The number of pyridine rings is 1. The maximum Gasteiger partial charge on any atom is 0.255 e. The average Bonchev–Trinajstić information content (AvgIpc) is 3.77. The molecule has 3 aromatic heterocycles. The summed E-state index contributed by atoms with van der Waals surface area (Å²) in [5, 5.41) is 5.44. The van der Waals surface area contributed by atoms with Gasteiger partial charge >= 0.3 is 0 Å². The average molecular weight is 942 g/mol. The molecule has 0 aliphatic carbocycles. The number of nitrogens with zero attached hydrogens (tertiary/aromatic N) is 10. The molecule has 4 aliphatic heterocycles. The van der Waals surface area contributed by atoms with Crippen LogP contribution >= 0.6 is 37.2 Å². The van der Waals surface area contributed by atoms with E-state index in [0.29, 0.717) is 41.3 Å². The fourth-order valence-electron chi connectivity index (χ4n) is 9.09. The van der Waals surface area contributed by atoms with Gasteiger partial charge in [0, 0.05) is 114 Å². The first-order chi connectivity index (χ1) is 29.5. The number of hydrogen-bond acceptors (Lipinski definition) is 12. The minimum absolute atomic E-state index is 0. The highest BCUT2D eigenvalue weighted by atomic mass is 35.5. The Morgan fingerprint density at radius 2 is 1.52 bits per heavy atom. The molecule has 0 saturated carbocycles. The Kier molecular flexibility index (Phi) is 15.4. The van der Waals surface area contributed by atoms with Crippen LogP contribution < -0.4 is 15.5 Å². The maximum absolute atomic E-state index is 15.1. The third-order valence-corrected chi connectivity index (χ3v) is 12.4. The second-order valence-electron chi connectivity index (χ2n) is 16.7. The van der Waals surface area contributed by atoms with E-state index in [1.165, 1.54) is 6.07 Å². The lowest BCUT2D eigenvalue weighted by Crippen LogP contribution is -2.52. The number of aromatic nitrogens is 5. The van der Waals surface area contributed by atoms with E-state index in [0.717, 1.165) is 95.0 Å². The molecule has 4 aliphatic rings. The zero-order valence-electron chi connectivity index (χ0n) is 35.9. The van der Waals surface area contributed by atoms with Crippen LogP contribution in [0.15, 0.2) is 54.9 Å². The summed E-state index contributed by atoms with van der Waals surface area (Å²) in [6.45, 7) is 16.7. The first-order valence-electron chi connectivity index (χ1n) is 21.1. The number of imide groups is 1. The van der Waals surface area contributed by atoms with E-state index in [2.05, 4.69) is 56.2 Å². The topological polar surface area (TPSA) is 148 Å². The standard InChI is InChI=1S/C44H50F2N12O3.3ClH/c1-27(2)58-28(3)49-41-34(45)21-30(22-37(41)58)40-35(46)24-48-44(52-40)50-38-8-4-29(23-47-38)25-55-14-12-53(13-15-55)10-11-54-16-18-56(19-17-54)32-5-6-33-31(20-32)26-57(43(33)61)36-7-9-39(59)51-42(36)60;;;/h4-6,8,20-24,27,36H,7,9-19,25-26H2,1-3H3,(H,51,59,60)(H,47,48,50,52);3*1H. The first-order valence-corrected chi connectivity index (χ1v) is 21.1. The summed E-state index contributed by atoms with van der Waals surface area (Å²) in [6.07, 6.45) is 3.52. The molecule has 64 heavy (non-hydrogen) atoms. The number of fused-ring (bicyclic) bond motifs is 2. The van der Waals surface area contributed by atoms with Gasteiger partial charge in [-0.2, -0.15) is 0 Å². The molecule has 3 fully saturated rings. The predicted octanol–water partition coefficient (Wildman–Crippen LogP) is 5.77. The second-order valence-corrected chi connectivity index (χ2v) is 16.7. The number of rotatable bonds is 11. The Morgan fingerprint density at radius 1 is 0.812 bits per heavy atom. The Balaban J connectivity index is 0.00000227. The molecule has 2 aromatic carbocycles. The fourth-order valence-corrected chi connectivity index (χ4v) is 9.09. The van der Waals surface area contributed by atoms with Crippen LogP contribution in [0, 0.1) is 18.6 Å². The molecular formula is C44H53Cl3F2N12O3. The number of carbonyl (C=O) groups is 3. The van der Waals surface area contributed by atoms with Gasteiger partial charge in [0.15, 0.2) is 11.6 Å². The Labute approximate surface area is 389 Å². The molecule has 7 heterocycles. The van der Waals surface area contributed by atoms with E-state index < -0.39 is 17.7 Å². The van der Waals surface area contributed by atoms with Crippen LogP contribution in [0.4, 0.5) is 26.2 Å². The summed E-state index contributed by atoms with van der Waals surface area (Å²) >= 11 is 0. The number of anilines is 3. The molecular weight excluding hydrogens is 889 g/mol. The third kappa shape index (κ3) is 10.1. The number of aryl methyl sites for hydroxylation is 1. The Morgan fingerprint density at radius 3 is 2.19 bits per heavy atom. The van der Waals surface area contributed by atoms with Gasteiger partial charge < -0.3 is 19.7 Å². The van der Waals surface area contributed by atoms with Gasteiger partial charge in [-0.15, -0.1) is 37.2 Å². The number of imidazole rings is 1. The lowest BCUT2D eigenvalue weighted by atomic mass is 10.0. The summed E-state index contributed by atoms with van der Waals surface area (Å²) in [5.41, 5.74) is 4.87. The number of piperidine rings is 1. The third-order valence-electron chi connectivity index (χ3n) is 12.4. The summed E-state index contributed by atoms with van der Waals surface area (Å²) < 4.78 is 32.1.